The second kappa shape index (κ2) is 5.34. The summed E-state index contributed by atoms with van der Waals surface area (Å²) in [7, 11) is 0. The summed E-state index contributed by atoms with van der Waals surface area (Å²) in [4.78, 5) is 0. The van der Waals surface area contributed by atoms with E-state index in [0.717, 1.165) is 6.54 Å². The van der Waals surface area contributed by atoms with Crippen LogP contribution in [-0.2, 0) is 13.2 Å². The van der Waals surface area contributed by atoms with E-state index in [1.807, 2.05) is 13.0 Å². The first-order chi connectivity index (χ1) is 8.76. The Hall–Kier alpha value is -2.32. The second-order valence-corrected chi connectivity index (χ2v) is 3.73. The van der Waals surface area contributed by atoms with Crippen LogP contribution in [0.25, 0.3) is 0 Å². The Morgan fingerprint density at radius 1 is 1.50 bits per heavy atom. The van der Waals surface area contributed by atoms with E-state index in [4.69, 9.17) is 15.1 Å². The molecule has 2 aromatic rings. The van der Waals surface area contributed by atoms with E-state index in [-0.39, 0.29) is 6.61 Å². The molecule has 1 heterocycles. The molecule has 0 atom stereocenters. The van der Waals surface area contributed by atoms with Gasteiger partial charge in [-0.25, -0.2) is 0 Å². The van der Waals surface area contributed by atoms with Crippen LogP contribution in [0.1, 0.15) is 18.1 Å². The van der Waals surface area contributed by atoms with Crippen molar-refractivity contribution in [1.82, 2.24) is 9.78 Å². The molecule has 1 N–H and O–H groups in total. The SMILES string of the molecule is CCn1cc(Oc2ccc(CO)cc2C#N)cn1. The van der Waals surface area contributed by atoms with Crippen LogP contribution in [0.5, 0.6) is 11.5 Å². The maximum absolute atomic E-state index is 9.04. The Balaban J connectivity index is 2.26. The summed E-state index contributed by atoms with van der Waals surface area (Å²) in [5.41, 5.74) is 1.08. The Morgan fingerprint density at radius 3 is 2.94 bits per heavy atom. The standard InChI is InChI=1S/C13H13N3O2/c1-2-16-8-12(7-15-16)18-13-4-3-10(9-17)5-11(13)6-14/h3-5,7-8,17H,2,9H2,1H3. The highest BCUT2D eigenvalue weighted by molar-refractivity contribution is 5.46. The van der Waals surface area contributed by atoms with Gasteiger partial charge in [0.05, 0.1) is 24.6 Å². The Labute approximate surface area is 105 Å². The number of aliphatic hydroxyl groups excluding tert-OH is 1. The molecule has 0 aliphatic carbocycles. The predicted octanol–water partition coefficient (Wildman–Crippen LogP) is 2.06. The zero-order valence-corrected chi connectivity index (χ0v) is 10.00. The zero-order chi connectivity index (χ0) is 13.0. The van der Waals surface area contributed by atoms with Gasteiger partial charge in [0.15, 0.2) is 5.75 Å². The summed E-state index contributed by atoms with van der Waals surface area (Å²) < 4.78 is 7.33. The van der Waals surface area contributed by atoms with Crippen LogP contribution in [0.15, 0.2) is 30.6 Å². The van der Waals surface area contributed by atoms with Crippen LogP contribution < -0.4 is 4.74 Å². The van der Waals surface area contributed by atoms with Crippen molar-refractivity contribution in [2.45, 2.75) is 20.1 Å². The highest BCUT2D eigenvalue weighted by atomic mass is 16.5. The van der Waals surface area contributed by atoms with Gasteiger partial charge in [-0.3, -0.25) is 4.68 Å². The quantitative estimate of drug-likeness (QED) is 0.892. The van der Waals surface area contributed by atoms with Gasteiger partial charge in [-0.05, 0) is 24.6 Å². The van der Waals surface area contributed by atoms with Gasteiger partial charge in [0.25, 0.3) is 0 Å². The molecule has 18 heavy (non-hydrogen) atoms. The lowest BCUT2D eigenvalue weighted by Crippen LogP contribution is -1.92. The maximum Gasteiger partial charge on any atom is 0.165 e. The first-order valence-electron chi connectivity index (χ1n) is 5.61. The zero-order valence-electron chi connectivity index (χ0n) is 10.00. The van der Waals surface area contributed by atoms with Crippen LogP contribution in [0.3, 0.4) is 0 Å². The minimum atomic E-state index is -0.0945. The molecule has 0 spiro atoms. The molecule has 5 heteroatoms. The lowest BCUT2D eigenvalue weighted by molar-refractivity contribution is 0.281. The lowest BCUT2D eigenvalue weighted by Gasteiger charge is -2.06. The second-order valence-electron chi connectivity index (χ2n) is 3.73. The first kappa shape index (κ1) is 12.1. The molecule has 0 bridgehead atoms. The molecule has 92 valence electrons. The van der Waals surface area contributed by atoms with Crippen molar-refractivity contribution in [3.63, 3.8) is 0 Å². The fourth-order valence-electron chi connectivity index (χ4n) is 1.55. The van der Waals surface area contributed by atoms with Crippen molar-refractivity contribution in [2.75, 3.05) is 0 Å². The molecular formula is C13H13N3O2. The van der Waals surface area contributed by atoms with Crippen molar-refractivity contribution in [1.29, 1.82) is 5.26 Å². The highest BCUT2D eigenvalue weighted by Gasteiger charge is 2.07. The molecular weight excluding hydrogens is 230 g/mol. The number of aliphatic hydroxyl groups is 1. The number of nitrogens with zero attached hydrogens (tertiary/aromatic N) is 3. The maximum atomic E-state index is 9.04. The molecule has 0 fully saturated rings. The number of nitriles is 1. The summed E-state index contributed by atoms with van der Waals surface area (Å²) in [5, 5.41) is 22.1. The minimum absolute atomic E-state index is 0.0945. The van der Waals surface area contributed by atoms with Gasteiger partial charge in [0.2, 0.25) is 0 Å². The van der Waals surface area contributed by atoms with Crippen LogP contribution in [0.2, 0.25) is 0 Å². The van der Waals surface area contributed by atoms with E-state index in [1.54, 1.807) is 35.3 Å². The molecule has 0 radical (unpaired) electrons. The molecule has 2 rings (SSSR count). The average Bonchev–Trinajstić information content (AvgIpc) is 2.87. The van der Waals surface area contributed by atoms with E-state index in [0.29, 0.717) is 22.6 Å². The van der Waals surface area contributed by atoms with Crippen LogP contribution in [0, 0.1) is 11.3 Å². The van der Waals surface area contributed by atoms with Gasteiger partial charge in [0.1, 0.15) is 11.8 Å². The summed E-state index contributed by atoms with van der Waals surface area (Å²) in [6, 6.07) is 7.06. The van der Waals surface area contributed by atoms with Gasteiger partial charge in [0, 0.05) is 6.54 Å². The number of aryl methyl sites for hydroxylation is 1. The van der Waals surface area contributed by atoms with Crippen LogP contribution >= 0.6 is 0 Å². The third-order valence-corrected chi connectivity index (χ3v) is 2.51. The van der Waals surface area contributed by atoms with Crippen molar-refractivity contribution in [3.05, 3.63) is 41.7 Å². The van der Waals surface area contributed by atoms with Gasteiger partial charge < -0.3 is 9.84 Å². The summed E-state index contributed by atoms with van der Waals surface area (Å²) in [6.07, 6.45) is 3.37. The number of aromatic nitrogens is 2. The fourth-order valence-corrected chi connectivity index (χ4v) is 1.55. The van der Waals surface area contributed by atoms with Crippen molar-refractivity contribution >= 4 is 0 Å². The fraction of sp³-hybridized carbons (Fsp3) is 0.231. The van der Waals surface area contributed by atoms with Gasteiger partial charge in [-0.1, -0.05) is 6.07 Å². The van der Waals surface area contributed by atoms with E-state index in [1.165, 1.54) is 0 Å². The van der Waals surface area contributed by atoms with E-state index in [9.17, 15) is 0 Å². The third-order valence-electron chi connectivity index (χ3n) is 2.51. The number of ether oxygens (including phenoxy) is 1. The minimum Gasteiger partial charge on any atom is -0.453 e. The normalized spacial score (nSPS) is 10.1. The van der Waals surface area contributed by atoms with Gasteiger partial charge >= 0.3 is 0 Å². The molecule has 0 unspecified atom stereocenters. The van der Waals surface area contributed by atoms with Crippen molar-refractivity contribution in [2.24, 2.45) is 0 Å². The highest BCUT2D eigenvalue weighted by Crippen LogP contribution is 2.25. The van der Waals surface area contributed by atoms with Gasteiger partial charge in [-0.15, -0.1) is 0 Å². The smallest absolute Gasteiger partial charge is 0.165 e. The Morgan fingerprint density at radius 2 is 2.33 bits per heavy atom. The van der Waals surface area contributed by atoms with E-state index < -0.39 is 0 Å². The molecule has 1 aromatic carbocycles. The molecule has 0 aliphatic heterocycles. The largest absolute Gasteiger partial charge is 0.453 e. The summed E-state index contributed by atoms with van der Waals surface area (Å²) in [6.45, 7) is 2.65. The number of rotatable bonds is 4. The molecule has 5 nitrogen and oxygen atoms in total. The number of hydrogen-bond donors (Lipinski definition) is 1. The Bertz CT molecular complexity index is 584. The number of benzene rings is 1. The monoisotopic (exact) mass is 243 g/mol. The summed E-state index contributed by atoms with van der Waals surface area (Å²) >= 11 is 0. The number of hydrogen-bond acceptors (Lipinski definition) is 4. The van der Waals surface area contributed by atoms with Gasteiger partial charge in [-0.2, -0.15) is 10.4 Å². The van der Waals surface area contributed by atoms with E-state index in [2.05, 4.69) is 5.10 Å². The Kier molecular flexibility index (Phi) is 3.60. The van der Waals surface area contributed by atoms with Crippen molar-refractivity contribution < 1.29 is 9.84 Å². The third kappa shape index (κ3) is 2.50. The average molecular weight is 243 g/mol. The molecule has 0 amide bonds. The lowest BCUT2D eigenvalue weighted by atomic mass is 10.1. The molecule has 0 aliphatic rings. The predicted molar refractivity (Wildman–Crippen MR) is 65.1 cm³/mol. The topological polar surface area (TPSA) is 71.1 Å². The first-order valence-corrected chi connectivity index (χ1v) is 5.61. The van der Waals surface area contributed by atoms with Crippen LogP contribution in [0.4, 0.5) is 0 Å². The van der Waals surface area contributed by atoms with Crippen molar-refractivity contribution in [3.8, 4) is 17.6 Å². The summed E-state index contributed by atoms with van der Waals surface area (Å²) in [5.74, 6) is 1.05. The molecule has 0 saturated carbocycles. The van der Waals surface area contributed by atoms with Crippen LogP contribution in [-0.4, -0.2) is 14.9 Å². The molecule has 1 aromatic heterocycles. The van der Waals surface area contributed by atoms with E-state index >= 15 is 0 Å². The molecule has 0 saturated heterocycles.